The Kier molecular flexibility index (Phi) is 4.48. The van der Waals surface area contributed by atoms with Gasteiger partial charge < -0.3 is 14.8 Å². The van der Waals surface area contributed by atoms with Gasteiger partial charge in [-0.15, -0.1) is 0 Å². The number of pyridine rings is 1. The predicted octanol–water partition coefficient (Wildman–Crippen LogP) is 3.93. The molecule has 4 nitrogen and oxygen atoms in total. The van der Waals surface area contributed by atoms with Crippen LogP contribution < -0.4 is 10.3 Å². The number of H-pyrrole nitrogens is 1. The van der Waals surface area contributed by atoms with E-state index in [0.29, 0.717) is 32.1 Å². The fourth-order valence-electron chi connectivity index (χ4n) is 1.60. The van der Waals surface area contributed by atoms with Gasteiger partial charge in [0.05, 0.1) is 20.8 Å². The van der Waals surface area contributed by atoms with Gasteiger partial charge in [0, 0.05) is 6.07 Å². The lowest BCUT2D eigenvalue weighted by molar-refractivity contribution is 0.300. The number of aromatic amines is 1. The zero-order valence-corrected chi connectivity index (χ0v) is 12.6. The molecular formula is C13H10Cl3NO3. The number of ether oxygens (including phenoxy) is 1. The molecule has 1 aromatic carbocycles. The first kappa shape index (κ1) is 15.0. The highest BCUT2D eigenvalue weighted by Crippen LogP contribution is 2.34. The molecule has 0 aliphatic heterocycles. The minimum Gasteiger partial charge on any atom is -0.503 e. The molecule has 0 aliphatic rings. The van der Waals surface area contributed by atoms with Gasteiger partial charge in [-0.1, -0.05) is 34.8 Å². The van der Waals surface area contributed by atoms with Gasteiger partial charge in [-0.2, -0.15) is 0 Å². The van der Waals surface area contributed by atoms with Crippen molar-refractivity contribution in [2.45, 2.75) is 13.5 Å². The van der Waals surface area contributed by atoms with E-state index in [1.165, 1.54) is 12.1 Å². The molecule has 2 N–H and O–H groups in total. The van der Waals surface area contributed by atoms with Gasteiger partial charge in [0.15, 0.2) is 5.75 Å². The Morgan fingerprint density at radius 2 is 1.80 bits per heavy atom. The molecule has 0 fully saturated rings. The summed E-state index contributed by atoms with van der Waals surface area (Å²) in [6, 6.07) is 4.59. The van der Waals surface area contributed by atoms with Crippen molar-refractivity contribution < 1.29 is 9.84 Å². The zero-order chi connectivity index (χ0) is 14.9. The van der Waals surface area contributed by atoms with Crippen LogP contribution in [0.5, 0.6) is 11.5 Å². The number of halogens is 3. The number of hydrogen-bond acceptors (Lipinski definition) is 3. The van der Waals surface area contributed by atoms with Crippen molar-refractivity contribution in [1.82, 2.24) is 4.98 Å². The molecule has 1 heterocycles. The van der Waals surface area contributed by atoms with E-state index < -0.39 is 5.56 Å². The molecule has 0 radical (unpaired) electrons. The molecule has 7 heteroatoms. The average molecular weight is 335 g/mol. The summed E-state index contributed by atoms with van der Waals surface area (Å²) in [5, 5.41) is 10.4. The number of benzene rings is 1. The highest BCUT2D eigenvalue weighted by atomic mass is 35.5. The number of aromatic nitrogens is 1. The monoisotopic (exact) mass is 333 g/mol. The number of aryl methyl sites for hydroxylation is 1. The van der Waals surface area contributed by atoms with Crippen molar-refractivity contribution in [1.29, 1.82) is 0 Å². The van der Waals surface area contributed by atoms with Crippen molar-refractivity contribution in [3.8, 4) is 11.5 Å². The van der Waals surface area contributed by atoms with Crippen LogP contribution in [0.1, 0.15) is 11.3 Å². The van der Waals surface area contributed by atoms with Crippen LogP contribution >= 0.6 is 34.8 Å². The highest BCUT2D eigenvalue weighted by molar-refractivity contribution is 6.43. The van der Waals surface area contributed by atoms with Crippen LogP contribution in [0.2, 0.25) is 15.1 Å². The summed E-state index contributed by atoms with van der Waals surface area (Å²) in [4.78, 5) is 13.9. The average Bonchev–Trinajstić information content (AvgIpc) is 2.38. The van der Waals surface area contributed by atoms with Gasteiger partial charge in [0.2, 0.25) is 0 Å². The second kappa shape index (κ2) is 5.95. The second-order valence-corrected chi connectivity index (χ2v) is 5.36. The van der Waals surface area contributed by atoms with Gasteiger partial charge in [-0.3, -0.25) is 4.79 Å². The lowest BCUT2D eigenvalue weighted by Gasteiger charge is -2.10. The van der Waals surface area contributed by atoms with Crippen molar-refractivity contribution in [3.05, 3.63) is 54.9 Å². The second-order valence-electron chi connectivity index (χ2n) is 4.14. The Bertz CT molecular complexity index is 713. The highest BCUT2D eigenvalue weighted by Gasteiger charge is 2.09. The summed E-state index contributed by atoms with van der Waals surface area (Å²) >= 11 is 17.7. The van der Waals surface area contributed by atoms with Crippen LogP contribution in [-0.2, 0) is 6.61 Å². The van der Waals surface area contributed by atoms with E-state index in [1.54, 1.807) is 13.0 Å². The van der Waals surface area contributed by atoms with Crippen molar-refractivity contribution >= 4 is 34.8 Å². The molecule has 2 rings (SSSR count). The molecule has 0 saturated carbocycles. The van der Waals surface area contributed by atoms with E-state index >= 15 is 0 Å². The van der Waals surface area contributed by atoms with Crippen molar-refractivity contribution in [2.24, 2.45) is 0 Å². The molecule has 0 amide bonds. The molecule has 0 aliphatic carbocycles. The molecule has 0 atom stereocenters. The van der Waals surface area contributed by atoms with Crippen LogP contribution in [-0.4, -0.2) is 10.1 Å². The Hall–Kier alpha value is -1.36. The third-order valence-corrected chi connectivity index (χ3v) is 3.63. The minimum absolute atomic E-state index is 0.0774. The molecule has 0 bridgehead atoms. The molecule has 0 saturated heterocycles. The fourth-order valence-corrected chi connectivity index (χ4v) is 2.19. The van der Waals surface area contributed by atoms with Crippen LogP contribution in [0.4, 0.5) is 0 Å². The van der Waals surface area contributed by atoms with E-state index in [0.717, 1.165) is 0 Å². The summed E-state index contributed by atoms with van der Waals surface area (Å²) in [7, 11) is 0. The third-order valence-electron chi connectivity index (χ3n) is 2.61. The fraction of sp³-hybridized carbons (Fsp3) is 0.154. The summed E-state index contributed by atoms with van der Waals surface area (Å²) in [6.07, 6.45) is 0. The number of nitrogens with one attached hydrogen (secondary N) is 1. The number of aromatic hydroxyl groups is 1. The Balaban J connectivity index is 2.21. The first-order valence-corrected chi connectivity index (χ1v) is 6.71. The van der Waals surface area contributed by atoms with Crippen molar-refractivity contribution in [2.75, 3.05) is 0 Å². The van der Waals surface area contributed by atoms with Crippen LogP contribution in [0.25, 0.3) is 0 Å². The predicted molar refractivity (Wildman–Crippen MR) is 79.3 cm³/mol. The standard InChI is InChI=1S/C13H10Cl3NO3/c1-6-2-7(17-13(19)12(6)18)5-20-11-4-9(15)8(14)3-10(11)16/h2-4,18H,5H2,1H3,(H,17,19). The summed E-state index contributed by atoms with van der Waals surface area (Å²) in [6.45, 7) is 1.70. The van der Waals surface area contributed by atoms with E-state index in [4.69, 9.17) is 39.5 Å². The van der Waals surface area contributed by atoms with Crippen LogP contribution in [0.15, 0.2) is 23.0 Å². The van der Waals surface area contributed by atoms with Crippen LogP contribution in [0, 0.1) is 6.92 Å². The van der Waals surface area contributed by atoms with Gasteiger partial charge in [-0.25, -0.2) is 0 Å². The maximum absolute atomic E-state index is 11.4. The molecular weight excluding hydrogens is 325 g/mol. The quantitative estimate of drug-likeness (QED) is 0.836. The molecule has 0 unspecified atom stereocenters. The Morgan fingerprint density at radius 1 is 1.15 bits per heavy atom. The molecule has 2 aromatic rings. The largest absolute Gasteiger partial charge is 0.503 e. The lowest BCUT2D eigenvalue weighted by atomic mass is 10.2. The topological polar surface area (TPSA) is 62.3 Å². The molecule has 20 heavy (non-hydrogen) atoms. The van der Waals surface area contributed by atoms with Gasteiger partial charge in [0.1, 0.15) is 12.4 Å². The Morgan fingerprint density at radius 3 is 2.45 bits per heavy atom. The lowest BCUT2D eigenvalue weighted by Crippen LogP contribution is -2.11. The first-order valence-electron chi connectivity index (χ1n) is 5.57. The van der Waals surface area contributed by atoms with E-state index in [9.17, 15) is 9.90 Å². The maximum Gasteiger partial charge on any atom is 0.290 e. The zero-order valence-electron chi connectivity index (χ0n) is 10.3. The normalized spacial score (nSPS) is 10.6. The van der Waals surface area contributed by atoms with Crippen LogP contribution in [0.3, 0.4) is 0 Å². The third kappa shape index (κ3) is 3.20. The van der Waals surface area contributed by atoms with Crippen molar-refractivity contribution in [3.63, 3.8) is 0 Å². The first-order chi connectivity index (χ1) is 9.38. The molecule has 1 aromatic heterocycles. The summed E-state index contributed by atoms with van der Waals surface area (Å²) in [5.74, 6) is 0.0500. The smallest absolute Gasteiger partial charge is 0.290 e. The maximum atomic E-state index is 11.4. The van der Waals surface area contributed by atoms with E-state index in [1.807, 2.05) is 0 Å². The number of hydrogen-bond donors (Lipinski definition) is 2. The SMILES string of the molecule is Cc1cc(COc2cc(Cl)c(Cl)cc2Cl)[nH]c(=O)c1O. The summed E-state index contributed by atoms with van der Waals surface area (Å²) in [5.41, 5.74) is 0.406. The minimum atomic E-state index is -0.566. The summed E-state index contributed by atoms with van der Waals surface area (Å²) < 4.78 is 5.48. The Labute approximate surface area is 129 Å². The van der Waals surface area contributed by atoms with E-state index in [-0.39, 0.29) is 12.4 Å². The molecule has 0 spiro atoms. The van der Waals surface area contributed by atoms with Gasteiger partial charge in [-0.05, 0) is 24.6 Å². The van der Waals surface area contributed by atoms with Gasteiger partial charge >= 0.3 is 0 Å². The molecule has 106 valence electrons. The van der Waals surface area contributed by atoms with E-state index in [2.05, 4.69) is 4.98 Å². The van der Waals surface area contributed by atoms with Gasteiger partial charge in [0.25, 0.3) is 5.56 Å². The number of rotatable bonds is 3.